The molecule has 0 aliphatic rings. The molecular formula is C9H12O4. The number of hydrogen-bond acceptors (Lipinski definition) is 3. The predicted octanol–water partition coefficient (Wildman–Crippen LogP) is 0.997. The van der Waals surface area contributed by atoms with E-state index in [2.05, 4.69) is 5.73 Å². The second-order valence-electron chi connectivity index (χ2n) is 2.36. The fraction of sp³-hybridized carbons (Fsp3) is 0.333. The van der Waals surface area contributed by atoms with Gasteiger partial charge < -0.3 is 15.3 Å². The Balaban J connectivity index is 4.23. The van der Waals surface area contributed by atoms with Crippen LogP contribution in [0.1, 0.15) is 13.3 Å². The lowest BCUT2D eigenvalue weighted by Gasteiger charge is -1.90. The molecule has 3 N–H and O–H groups in total. The van der Waals surface area contributed by atoms with Crippen molar-refractivity contribution in [1.29, 1.82) is 0 Å². The Morgan fingerprint density at radius 2 is 2.08 bits per heavy atom. The summed E-state index contributed by atoms with van der Waals surface area (Å²) in [5.41, 5.74) is 2.56. The van der Waals surface area contributed by atoms with Gasteiger partial charge in [0, 0.05) is 6.42 Å². The number of allylic oxidation sites excluding steroid dienone is 1. The molecule has 0 aliphatic heterocycles. The van der Waals surface area contributed by atoms with Gasteiger partial charge in [-0.15, -0.1) is 5.73 Å². The highest BCUT2D eigenvalue weighted by molar-refractivity contribution is 5.85. The molecule has 0 aromatic carbocycles. The van der Waals surface area contributed by atoms with Crippen LogP contribution < -0.4 is 0 Å². The van der Waals surface area contributed by atoms with E-state index in [9.17, 15) is 4.79 Å². The number of hydrogen-bond donors (Lipinski definition) is 3. The van der Waals surface area contributed by atoms with E-state index in [-0.39, 0.29) is 24.4 Å². The molecule has 72 valence electrons. The van der Waals surface area contributed by atoms with Crippen molar-refractivity contribution in [2.24, 2.45) is 0 Å². The Bertz CT molecular complexity index is 269. The van der Waals surface area contributed by atoms with Gasteiger partial charge in [-0.3, -0.25) is 0 Å². The van der Waals surface area contributed by atoms with Crippen LogP contribution in [0, 0.1) is 0 Å². The Hall–Kier alpha value is -1.51. The van der Waals surface area contributed by atoms with Gasteiger partial charge in [0.2, 0.25) is 0 Å². The fourth-order valence-corrected chi connectivity index (χ4v) is 0.559. The third-order valence-electron chi connectivity index (χ3n) is 1.28. The first kappa shape index (κ1) is 11.5. The summed E-state index contributed by atoms with van der Waals surface area (Å²) in [6.07, 6.45) is 2.80. The van der Waals surface area contributed by atoms with E-state index in [1.807, 2.05) is 0 Å². The van der Waals surface area contributed by atoms with Crippen molar-refractivity contribution in [3.63, 3.8) is 0 Å². The van der Waals surface area contributed by atoms with E-state index >= 15 is 0 Å². The number of carbonyl (C=O) groups is 1. The van der Waals surface area contributed by atoms with E-state index in [4.69, 9.17) is 15.3 Å². The van der Waals surface area contributed by atoms with Crippen molar-refractivity contribution in [1.82, 2.24) is 0 Å². The van der Waals surface area contributed by atoms with Gasteiger partial charge in [-0.25, -0.2) is 4.79 Å². The van der Waals surface area contributed by atoms with Crippen molar-refractivity contribution in [2.75, 3.05) is 6.61 Å². The Kier molecular flexibility index (Phi) is 5.35. The molecule has 0 bridgehead atoms. The number of carboxylic acid groups (broad SMARTS) is 1. The molecule has 0 saturated heterocycles. The zero-order valence-corrected chi connectivity index (χ0v) is 7.32. The molecule has 13 heavy (non-hydrogen) atoms. The summed E-state index contributed by atoms with van der Waals surface area (Å²) in [7, 11) is 0. The van der Waals surface area contributed by atoms with Crippen molar-refractivity contribution < 1.29 is 20.1 Å². The minimum atomic E-state index is -1.04. The van der Waals surface area contributed by atoms with Gasteiger partial charge >= 0.3 is 5.97 Å². The number of aliphatic hydroxyl groups is 2. The van der Waals surface area contributed by atoms with Crippen LogP contribution in [0.25, 0.3) is 0 Å². The van der Waals surface area contributed by atoms with Gasteiger partial charge in [0.15, 0.2) is 0 Å². The quantitative estimate of drug-likeness (QED) is 0.346. The minimum Gasteiger partial charge on any atom is -0.512 e. The van der Waals surface area contributed by atoms with Crippen LogP contribution >= 0.6 is 0 Å². The molecule has 0 fully saturated rings. The summed E-state index contributed by atoms with van der Waals surface area (Å²) in [5, 5.41) is 25.8. The number of carboxylic acids is 1. The lowest BCUT2D eigenvalue weighted by Crippen LogP contribution is -1.93. The Labute approximate surface area is 76.1 Å². The normalized spacial score (nSPS) is 10.5. The van der Waals surface area contributed by atoms with E-state index in [0.717, 1.165) is 0 Å². The predicted molar refractivity (Wildman–Crippen MR) is 47.3 cm³/mol. The minimum absolute atomic E-state index is 0.00631. The summed E-state index contributed by atoms with van der Waals surface area (Å²) in [6.45, 7) is 1.17. The van der Waals surface area contributed by atoms with Crippen molar-refractivity contribution in [3.05, 3.63) is 29.2 Å². The summed E-state index contributed by atoms with van der Waals surface area (Å²) in [4.78, 5) is 10.3. The molecule has 0 spiro atoms. The maximum absolute atomic E-state index is 10.3. The van der Waals surface area contributed by atoms with Crippen molar-refractivity contribution in [3.8, 4) is 0 Å². The molecule has 4 nitrogen and oxygen atoms in total. The molecule has 0 radical (unpaired) electrons. The van der Waals surface area contributed by atoms with Gasteiger partial charge in [0.25, 0.3) is 0 Å². The molecule has 4 heteroatoms. The first-order valence-electron chi connectivity index (χ1n) is 3.71. The van der Waals surface area contributed by atoms with Crippen LogP contribution in [-0.2, 0) is 4.79 Å². The van der Waals surface area contributed by atoms with E-state index < -0.39 is 5.97 Å². The maximum atomic E-state index is 10.3. The molecule has 0 atom stereocenters. The highest BCUT2D eigenvalue weighted by Gasteiger charge is 1.95. The van der Waals surface area contributed by atoms with Crippen molar-refractivity contribution in [2.45, 2.75) is 13.3 Å². The monoisotopic (exact) mass is 184 g/mol. The smallest absolute Gasteiger partial charge is 0.339 e. The third kappa shape index (κ3) is 5.73. The second-order valence-corrected chi connectivity index (χ2v) is 2.36. The first-order valence-corrected chi connectivity index (χ1v) is 3.71. The lowest BCUT2D eigenvalue weighted by atomic mass is 10.3. The van der Waals surface area contributed by atoms with Crippen LogP contribution in [0.4, 0.5) is 0 Å². The molecular weight excluding hydrogens is 172 g/mol. The standard InChI is InChI=1S/C9H12O4/c1-7(9(12)13)3-2-4-8(11)5-6-10/h2,5,10-11H,4,6H2,1H3,(H,12,13). The highest BCUT2D eigenvalue weighted by atomic mass is 16.4. The summed E-state index contributed by atoms with van der Waals surface area (Å²) < 4.78 is 0. The van der Waals surface area contributed by atoms with Gasteiger partial charge in [-0.05, 0) is 19.1 Å². The highest BCUT2D eigenvalue weighted by Crippen LogP contribution is 1.97. The first-order chi connectivity index (χ1) is 6.07. The van der Waals surface area contributed by atoms with Gasteiger partial charge in [0.05, 0.1) is 17.9 Å². The van der Waals surface area contributed by atoms with Gasteiger partial charge in [-0.1, -0.05) is 0 Å². The Morgan fingerprint density at radius 3 is 2.54 bits per heavy atom. The van der Waals surface area contributed by atoms with Gasteiger partial charge in [-0.2, -0.15) is 0 Å². The zero-order valence-electron chi connectivity index (χ0n) is 7.32. The van der Waals surface area contributed by atoms with E-state index in [0.29, 0.717) is 0 Å². The molecule has 0 amide bonds. The summed E-state index contributed by atoms with van der Waals surface area (Å²) in [5.74, 6) is -1.05. The topological polar surface area (TPSA) is 77.8 Å². The lowest BCUT2D eigenvalue weighted by molar-refractivity contribution is -0.132. The number of rotatable bonds is 4. The SMILES string of the molecule is CC(=C=CCC(O)=CCO)C(=O)O. The van der Waals surface area contributed by atoms with E-state index in [1.54, 1.807) is 0 Å². The largest absolute Gasteiger partial charge is 0.512 e. The third-order valence-corrected chi connectivity index (χ3v) is 1.28. The van der Waals surface area contributed by atoms with E-state index in [1.165, 1.54) is 19.1 Å². The zero-order chi connectivity index (χ0) is 10.3. The molecule has 0 saturated carbocycles. The molecule has 0 aromatic heterocycles. The molecule has 0 unspecified atom stereocenters. The summed E-state index contributed by atoms with van der Waals surface area (Å²) >= 11 is 0. The fourth-order valence-electron chi connectivity index (χ4n) is 0.559. The molecule has 0 rings (SSSR count). The summed E-state index contributed by atoms with van der Waals surface area (Å²) in [6, 6.07) is 0. The van der Waals surface area contributed by atoms with Crippen LogP contribution in [-0.4, -0.2) is 27.9 Å². The average Bonchev–Trinajstić information content (AvgIpc) is 2.04. The van der Waals surface area contributed by atoms with Crippen LogP contribution in [0.15, 0.2) is 29.2 Å². The van der Waals surface area contributed by atoms with Crippen LogP contribution in [0.3, 0.4) is 0 Å². The number of aliphatic carboxylic acids is 1. The van der Waals surface area contributed by atoms with Crippen LogP contribution in [0.2, 0.25) is 0 Å². The van der Waals surface area contributed by atoms with Crippen LogP contribution in [0.5, 0.6) is 0 Å². The second kappa shape index (κ2) is 6.06. The molecule has 0 aromatic rings. The Morgan fingerprint density at radius 1 is 1.46 bits per heavy atom. The molecule has 0 heterocycles. The maximum Gasteiger partial charge on any atom is 0.339 e. The molecule has 0 aliphatic carbocycles. The number of aliphatic hydroxyl groups excluding tert-OH is 2. The van der Waals surface area contributed by atoms with Gasteiger partial charge in [0.1, 0.15) is 0 Å². The van der Waals surface area contributed by atoms with Crippen molar-refractivity contribution >= 4 is 5.97 Å². The average molecular weight is 184 g/mol.